The van der Waals surface area contributed by atoms with E-state index in [2.05, 4.69) is 28.8 Å². The quantitative estimate of drug-likeness (QED) is 0.775. The summed E-state index contributed by atoms with van der Waals surface area (Å²) in [7, 11) is 1.32. The molecular weight excluding hydrogens is 364 g/mol. The van der Waals surface area contributed by atoms with Crippen LogP contribution in [0.4, 0.5) is 5.69 Å². The first-order valence-electron chi connectivity index (χ1n) is 9.49. The number of esters is 1. The van der Waals surface area contributed by atoms with Gasteiger partial charge in [0.05, 0.1) is 36.3 Å². The van der Waals surface area contributed by atoms with E-state index in [1.54, 1.807) is 24.3 Å². The van der Waals surface area contributed by atoms with E-state index in [-0.39, 0.29) is 0 Å². The molecule has 6 heteroatoms. The van der Waals surface area contributed by atoms with E-state index in [1.165, 1.54) is 7.11 Å². The van der Waals surface area contributed by atoms with Crippen molar-refractivity contribution in [3.05, 3.63) is 70.9 Å². The second-order valence-corrected chi connectivity index (χ2v) is 7.62. The van der Waals surface area contributed by atoms with Gasteiger partial charge in [-0.3, -0.25) is 0 Å². The van der Waals surface area contributed by atoms with Crippen LogP contribution in [0.2, 0.25) is 0 Å². The van der Waals surface area contributed by atoms with Crippen LogP contribution in [-0.4, -0.2) is 25.7 Å². The van der Waals surface area contributed by atoms with E-state index in [0.29, 0.717) is 11.1 Å². The number of carbonyl (C=O) groups excluding carboxylic acids is 1. The molecule has 2 heterocycles. The van der Waals surface area contributed by atoms with Crippen molar-refractivity contribution in [1.82, 2.24) is 5.32 Å². The highest BCUT2D eigenvalue weighted by Crippen LogP contribution is 2.65. The predicted octanol–water partition coefficient (Wildman–Crippen LogP) is 2.69. The molecule has 2 unspecified atom stereocenters. The van der Waals surface area contributed by atoms with Crippen molar-refractivity contribution in [2.45, 2.75) is 17.9 Å². The van der Waals surface area contributed by atoms with Gasteiger partial charge >= 0.3 is 5.97 Å². The lowest BCUT2D eigenvalue weighted by atomic mass is 9.69. The summed E-state index contributed by atoms with van der Waals surface area (Å²) in [6, 6.07) is 19.0. The maximum atomic E-state index is 13.2. The summed E-state index contributed by atoms with van der Waals surface area (Å²) in [4.78, 5) is 13.2. The van der Waals surface area contributed by atoms with Crippen molar-refractivity contribution < 1.29 is 9.53 Å². The Morgan fingerprint density at radius 1 is 1.17 bits per heavy atom. The molecule has 2 aromatic carbocycles. The molecule has 2 N–H and O–H groups in total. The monoisotopic (exact) mass is 382 g/mol. The number of nitrogens with one attached hydrogen (secondary N) is 2. The Bertz CT molecular complexity index is 1150. The van der Waals surface area contributed by atoms with E-state index in [0.717, 1.165) is 35.5 Å². The van der Waals surface area contributed by atoms with Gasteiger partial charge < -0.3 is 15.4 Å². The summed E-state index contributed by atoms with van der Waals surface area (Å²) in [6.07, 6.45) is 0.775. The number of fused-ring (bicyclic) bond motifs is 1. The topological polar surface area (TPSA) is 97.9 Å². The Hall–Kier alpha value is -3.77. The number of nitrogens with zero attached hydrogens (tertiary/aromatic N) is 2. The Balaban J connectivity index is 1.85. The highest BCUT2D eigenvalue weighted by Gasteiger charge is 2.71. The van der Waals surface area contributed by atoms with Gasteiger partial charge in [-0.25, -0.2) is 4.79 Å². The van der Waals surface area contributed by atoms with Crippen LogP contribution in [-0.2, 0) is 14.9 Å². The van der Waals surface area contributed by atoms with E-state index in [9.17, 15) is 10.1 Å². The Kier molecular flexibility index (Phi) is 3.50. The number of nitriles is 2. The number of benzene rings is 2. The highest BCUT2D eigenvalue weighted by molar-refractivity contribution is 6.03. The minimum Gasteiger partial charge on any atom is -0.468 e. The zero-order valence-electron chi connectivity index (χ0n) is 15.8. The number of ether oxygens (including phenoxy) is 1. The van der Waals surface area contributed by atoms with Crippen LogP contribution in [0.15, 0.2) is 54.2 Å². The maximum Gasteiger partial charge on any atom is 0.333 e. The number of methoxy groups -OCH3 is 1. The number of hydrogen-bond donors (Lipinski definition) is 2. The third kappa shape index (κ3) is 1.91. The molecule has 1 spiro atoms. The molecule has 0 saturated carbocycles. The average Bonchev–Trinajstić information content (AvgIpc) is 3.40. The summed E-state index contributed by atoms with van der Waals surface area (Å²) >= 11 is 0. The Labute approximate surface area is 168 Å². The number of anilines is 1. The molecule has 2 aliphatic heterocycles. The van der Waals surface area contributed by atoms with Gasteiger partial charge in [0.1, 0.15) is 0 Å². The van der Waals surface area contributed by atoms with E-state index in [1.807, 2.05) is 18.2 Å². The molecule has 6 nitrogen and oxygen atoms in total. The average molecular weight is 382 g/mol. The Morgan fingerprint density at radius 2 is 1.93 bits per heavy atom. The van der Waals surface area contributed by atoms with Gasteiger partial charge in [0.15, 0.2) is 0 Å². The second-order valence-electron chi connectivity index (χ2n) is 7.62. The number of para-hydroxylation sites is 1. The van der Waals surface area contributed by atoms with Crippen molar-refractivity contribution in [3.8, 4) is 12.1 Å². The summed E-state index contributed by atoms with van der Waals surface area (Å²) in [6.45, 7) is 0.754. The molecule has 0 amide bonds. The van der Waals surface area contributed by atoms with Crippen molar-refractivity contribution in [2.75, 3.05) is 19.0 Å². The summed E-state index contributed by atoms with van der Waals surface area (Å²) in [5.41, 5.74) is 2.84. The third-order valence-electron chi connectivity index (χ3n) is 6.53. The van der Waals surface area contributed by atoms with Crippen molar-refractivity contribution >= 4 is 17.2 Å². The van der Waals surface area contributed by atoms with Gasteiger partial charge in [0, 0.05) is 23.5 Å². The molecule has 0 bridgehead atoms. The van der Waals surface area contributed by atoms with Crippen LogP contribution in [0.1, 0.15) is 23.1 Å². The van der Waals surface area contributed by atoms with Gasteiger partial charge in [-0.15, -0.1) is 0 Å². The lowest BCUT2D eigenvalue weighted by Gasteiger charge is -2.33. The van der Waals surface area contributed by atoms with Gasteiger partial charge in [0.25, 0.3) is 0 Å². The maximum absolute atomic E-state index is 13.2. The summed E-state index contributed by atoms with van der Waals surface area (Å²) in [5.74, 6) is -0.576. The zero-order chi connectivity index (χ0) is 20.2. The molecule has 5 rings (SSSR count). The van der Waals surface area contributed by atoms with Crippen molar-refractivity contribution in [1.29, 1.82) is 10.5 Å². The number of hydrogen-bond acceptors (Lipinski definition) is 6. The number of rotatable bonds is 2. The zero-order valence-corrected chi connectivity index (χ0v) is 15.8. The molecule has 29 heavy (non-hydrogen) atoms. The smallest absolute Gasteiger partial charge is 0.333 e. The van der Waals surface area contributed by atoms with Crippen molar-refractivity contribution in [3.63, 3.8) is 0 Å². The highest BCUT2D eigenvalue weighted by atomic mass is 16.5. The first-order valence-corrected chi connectivity index (χ1v) is 9.49. The molecule has 3 atom stereocenters. The van der Waals surface area contributed by atoms with E-state index < -0.39 is 22.8 Å². The molecule has 3 aliphatic rings. The van der Waals surface area contributed by atoms with Crippen LogP contribution in [0, 0.1) is 28.1 Å². The van der Waals surface area contributed by atoms with E-state index in [4.69, 9.17) is 10.00 Å². The molecule has 0 aromatic heterocycles. The van der Waals surface area contributed by atoms with Crippen LogP contribution < -0.4 is 10.6 Å². The third-order valence-corrected chi connectivity index (χ3v) is 6.53. The molecule has 0 radical (unpaired) electrons. The molecule has 1 saturated heterocycles. The van der Waals surface area contributed by atoms with Crippen LogP contribution in [0.25, 0.3) is 5.57 Å². The molecular formula is C23H18N4O2. The summed E-state index contributed by atoms with van der Waals surface area (Å²) in [5, 5.41) is 26.5. The summed E-state index contributed by atoms with van der Waals surface area (Å²) < 4.78 is 5.18. The van der Waals surface area contributed by atoms with Gasteiger partial charge in [-0.05, 0) is 35.7 Å². The van der Waals surface area contributed by atoms with Gasteiger partial charge in [-0.1, -0.05) is 30.3 Å². The minimum absolute atomic E-state index is 0.472. The standard InChI is InChI=1S/C23H18N4O2/c1-29-21(28)23(13-25)18(15-8-6-14(12-24)7-9-15)19-22(10-11-26-19)16-4-2-3-5-17(16)27-20(22)23/h2-9,20,26-27H,10-11H2,1H3/t20?,22?,23-/m0/s1. The Morgan fingerprint density at radius 3 is 2.62 bits per heavy atom. The fourth-order valence-electron chi connectivity index (χ4n) is 5.42. The van der Waals surface area contributed by atoms with Crippen LogP contribution in [0.3, 0.4) is 0 Å². The van der Waals surface area contributed by atoms with Crippen molar-refractivity contribution in [2.24, 2.45) is 5.41 Å². The predicted molar refractivity (Wildman–Crippen MR) is 106 cm³/mol. The van der Waals surface area contributed by atoms with E-state index >= 15 is 0 Å². The van der Waals surface area contributed by atoms with Crippen LogP contribution in [0.5, 0.6) is 0 Å². The van der Waals surface area contributed by atoms with Crippen LogP contribution >= 0.6 is 0 Å². The van der Waals surface area contributed by atoms with Gasteiger partial charge in [-0.2, -0.15) is 10.5 Å². The normalized spacial score (nSPS) is 28.3. The minimum atomic E-state index is -1.51. The lowest BCUT2D eigenvalue weighted by molar-refractivity contribution is -0.147. The largest absolute Gasteiger partial charge is 0.468 e. The second kappa shape index (κ2) is 5.86. The SMILES string of the molecule is COC(=O)[C@@]1(C#N)C(c2ccc(C#N)cc2)=C2NCCC23c2ccccc2NC31. The van der Waals surface area contributed by atoms with Gasteiger partial charge in [0.2, 0.25) is 5.41 Å². The first-order chi connectivity index (χ1) is 14.1. The fraction of sp³-hybridized carbons (Fsp3) is 0.261. The number of carbonyl (C=O) groups is 1. The lowest BCUT2D eigenvalue weighted by Crippen LogP contribution is -2.50. The molecule has 142 valence electrons. The molecule has 1 fully saturated rings. The fourth-order valence-corrected chi connectivity index (χ4v) is 5.42. The molecule has 2 aromatic rings. The molecule has 1 aliphatic carbocycles. The first kappa shape index (κ1) is 17.3.